The number of aromatic nitrogens is 5. The molecule has 5 rings (SSSR count). The molecule has 0 aliphatic carbocycles. The molecule has 0 atom stereocenters. The highest BCUT2D eigenvalue weighted by Crippen LogP contribution is 2.18. The summed E-state index contributed by atoms with van der Waals surface area (Å²) in [4.78, 5) is 35.1. The van der Waals surface area contributed by atoms with Crippen LogP contribution in [0.2, 0.25) is 0 Å². The van der Waals surface area contributed by atoms with E-state index in [1.165, 1.54) is 0 Å². The molecular weight excluding hydrogens is 366 g/mol. The van der Waals surface area contributed by atoms with Gasteiger partial charge in [-0.25, -0.2) is 15.0 Å². The highest BCUT2D eigenvalue weighted by molar-refractivity contribution is 6.02. The van der Waals surface area contributed by atoms with Gasteiger partial charge in [0.1, 0.15) is 0 Å². The number of nitrogens with zero attached hydrogens (tertiary/aromatic N) is 7. The number of rotatable bonds is 4. The minimum Gasteiger partial charge on any atom is -0.338 e. The summed E-state index contributed by atoms with van der Waals surface area (Å²) in [6, 6.07) is 9.59. The minimum atomic E-state index is -0.0374. The summed E-state index contributed by atoms with van der Waals surface area (Å²) in [6.07, 6.45) is 6.84. The van der Waals surface area contributed by atoms with Crippen molar-refractivity contribution in [3.63, 3.8) is 0 Å². The molecule has 1 aliphatic heterocycles. The molecule has 0 radical (unpaired) electrons. The first-order chi connectivity index (χ1) is 14.3. The van der Waals surface area contributed by atoms with Gasteiger partial charge in [0, 0.05) is 63.2 Å². The molecule has 0 bridgehead atoms. The molecule has 4 aromatic rings. The lowest BCUT2D eigenvalue weighted by molar-refractivity contribution is 0.246. The Bertz CT molecular complexity index is 1200. The molecule has 1 saturated heterocycles. The lowest BCUT2D eigenvalue weighted by Crippen LogP contribution is -2.48. The standard InChI is InChI=1S/C21H21N7O/c29-20-17-14-24-18-5-2-1-4-16(18)19(17)25-15-28(20)13-10-26-8-11-27(12-9-26)21-22-6-3-7-23-21/h1-7,14-15H,8-13H2. The van der Waals surface area contributed by atoms with Gasteiger partial charge < -0.3 is 4.90 Å². The Morgan fingerprint density at radius 3 is 2.45 bits per heavy atom. The summed E-state index contributed by atoms with van der Waals surface area (Å²) in [5, 5.41) is 1.48. The number of benzene rings is 1. The van der Waals surface area contributed by atoms with Crippen molar-refractivity contribution in [2.45, 2.75) is 6.54 Å². The van der Waals surface area contributed by atoms with Gasteiger partial charge in [-0.1, -0.05) is 18.2 Å². The topological polar surface area (TPSA) is 80.0 Å². The highest BCUT2D eigenvalue weighted by Gasteiger charge is 2.18. The van der Waals surface area contributed by atoms with Crippen LogP contribution in [0, 0.1) is 0 Å². The summed E-state index contributed by atoms with van der Waals surface area (Å²) in [6.45, 7) is 5.00. The maximum Gasteiger partial charge on any atom is 0.262 e. The molecule has 1 aromatic carbocycles. The molecule has 0 unspecified atom stereocenters. The van der Waals surface area contributed by atoms with Gasteiger partial charge in [-0.05, 0) is 12.1 Å². The fourth-order valence-corrected chi connectivity index (χ4v) is 3.79. The second-order valence-electron chi connectivity index (χ2n) is 7.16. The van der Waals surface area contributed by atoms with Crippen LogP contribution in [0.5, 0.6) is 0 Å². The first kappa shape index (κ1) is 17.7. The van der Waals surface area contributed by atoms with Crippen LogP contribution in [0.15, 0.2) is 60.0 Å². The molecule has 0 amide bonds. The van der Waals surface area contributed by atoms with Crippen molar-refractivity contribution in [1.29, 1.82) is 0 Å². The van der Waals surface area contributed by atoms with E-state index in [2.05, 4.69) is 29.7 Å². The normalized spacial score (nSPS) is 15.2. The highest BCUT2D eigenvalue weighted by atomic mass is 16.1. The monoisotopic (exact) mass is 387 g/mol. The van der Waals surface area contributed by atoms with Crippen LogP contribution in [0.25, 0.3) is 21.8 Å². The van der Waals surface area contributed by atoms with Gasteiger partial charge in [-0.2, -0.15) is 0 Å². The van der Waals surface area contributed by atoms with Crippen LogP contribution in [0.1, 0.15) is 0 Å². The Kier molecular flexibility index (Phi) is 4.61. The molecule has 1 aliphatic rings. The van der Waals surface area contributed by atoms with Crippen LogP contribution in [-0.2, 0) is 6.54 Å². The van der Waals surface area contributed by atoms with E-state index in [4.69, 9.17) is 0 Å². The van der Waals surface area contributed by atoms with Crippen LogP contribution < -0.4 is 10.5 Å². The third-order valence-electron chi connectivity index (χ3n) is 5.43. The van der Waals surface area contributed by atoms with Crippen molar-refractivity contribution < 1.29 is 0 Å². The minimum absolute atomic E-state index is 0.0374. The molecule has 0 spiro atoms. The van der Waals surface area contributed by atoms with Gasteiger partial charge in [0.2, 0.25) is 5.95 Å². The van der Waals surface area contributed by atoms with E-state index in [1.807, 2.05) is 30.3 Å². The van der Waals surface area contributed by atoms with Crippen molar-refractivity contribution in [3.05, 3.63) is 65.6 Å². The van der Waals surface area contributed by atoms with Gasteiger partial charge in [0.15, 0.2) is 0 Å². The average Bonchev–Trinajstić information content (AvgIpc) is 2.79. The third kappa shape index (κ3) is 3.42. The molecule has 1 fully saturated rings. The molecule has 8 nitrogen and oxygen atoms in total. The maximum absolute atomic E-state index is 12.9. The summed E-state index contributed by atoms with van der Waals surface area (Å²) in [7, 11) is 0. The molecule has 29 heavy (non-hydrogen) atoms. The maximum atomic E-state index is 12.9. The van der Waals surface area contributed by atoms with E-state index in [1.54, 1.807) is 29.5 Å². The summed E-state index contributed by atoms with van der Waals surface area (Å²) < 4.78 is 1.69. The predicted octanol–water partition coefficient (Wildman–Crippen LogP) is 1.56. The number of piperazine rings is 1. The van der Waals surface area contributed by atoms with E-state index in [9.17, 15) is 4.79 Å². The molecular formula is C21H21N7O. The predicted molar refractivity (Wildman–Crippen MR) is 112 cm³/mol. The van der Waals surface area contributed by atoms with Gasteiger partial charge in [-0.3, -0.25) is 19.2 Å². The van der Waals surface area contributed by atoms with Crippen molar-refractivity contribution in [3.8, 4) is 0 Å². The van der Waals surface area contributed by atoms with Crippen LogP contribution >= 0.6 is 0 Å². The van der Waals surface area contributed by atoms with Gasteiger partial charge in [0.05, 0.1) is 22.7 Å². The number of fused-ring (bicyclic) bond motifs is 3. The van der Waals surface area contributed by atoms with Gasteiger partial charge >= 0.3 is 0 Å². The van der Waals surface area contributed by atoms with E-state index in [-0.39, 0.29) is 5.56 Å². The largest absolute Gasteiger partial charge is 0.338 e. The molecule has 0 N–H and O–H groups in total. The fraction of sp³-hybridized carbons (Fsp3) is 0.286. The smallest absolute Gasteiger partial charge is 0.262 e. The van der Waals surface area contributed by atoms with Gasteiger partial charge in [-0.15, -0.1) is 0 Å². The van der Waals surface area contributed by atoms with Crippen molar-refractivity contribution >= 4 is 27.8 Å². The van der Waals surface area contributed by atoms with E-state index in [0.717, 1.165) is 49.6 Å². The van der Waals surface area contributed by atoms with Gasteiger partial charge in [0.25, 0.3) is 5.56 Å². The Balaban J connectivity index is 1.28. The zero-order valence-electron chi connectivity index (χ0n) is 16.0. The van der Waals surface area contributed by atoms with Crippen LogP contribution in [-0.4, -0.2) is 62.1 Å². The van der Waals surface area contributed by atoms with Crippen molar-refractivity contribution in [1.82, 2.24) is 29.4 Å². The Hall–Kier alpha value is -3.39. The zero-order chi connectivity index (χ0) is 19.6. The molecule has 3 aromatic heterocycles. The van der Waals surface area contributed by atoms with E-state index >= 15 is 0 Å². The number of hydrogen-bond donors (Lipinski definition) is 0. The molecule has 146 valence electrons. The first-order valence-electron chi connectivity index (χ1n) is 9.77. The second-order valence-corrected chi connectivity index (χ2v) is 7.16. The third-order valence-corrected chi connectivity index (χ3v) is 5.43. The number of anilines is 1. The number of hydrogen-bond acceptors (Lipinski definition) is 7. The zero-order valence-corrected chi connectivity index (χ0v) is 16.0. The SMILES string of the molecule is O=c1c2cnc3ccccc3c2ncn1CCN1CCN(c2ncccn2)CC1. The van der Waals surface area contributed by atoms with E-state index < -0.39 is 0 Å². The second kappa shape index (κ2) is 7.56. The number of para-hydroxylation sites is 1. The fourth-order valence-electron chi connectivity index (χ4n) is 3.79. The summed E-state index contributed by atoms with van der Waals surface area (Å²) in [5.74, 6) is 0.779. The number of pyridine rings is 1. The van der Waals surface area contributed by atoms with Crippen LogP contribution in [0.3, 0.4) is 0 Å². The average molecular weight is 387 g/mol. The molecule has 8 heteroatoms. The Labute approximate surface area is 167 Å². The Morgan fingerprint density at radius 1 is 0.828 bits per heavy atom. The summed E-state index contributed by atoms with van der Waals surface area (Å²) in [5.41, 5.74) is 1.53. The van der Waals surface area contributed by atoms with E-state index in [0.29, 0.717) is 17.4 Å². The molecule has 4 heterocycles. The Morgan fingerprint density at radius 2 is 1.62 bits per heavy atom. The lowest BCUT2D eigenvalue weighted by Gasteiger charge is -2.34. The quantitative estimate of drug-likeness (QED) is 0.492. The van der Waals surface area contributed by atoms with Crippen LogP contribution in [0.4, 0.5) is 5.95 Å². The van der Waals surface area contributed by atoms with Crippen molar-refractivity contribution in [2.24, 2.45) is 0 Å². The lowest BCUT2D eigenvalue weighted by atomic mass is 10.1. The van der Waals surface area contributed by atoms with Crippen molar-refractivity contribution in [2.75, 3.05) is 37.6 Å². The molecule has 0 saturated carbocycles. The summed E-state index contributed by atoms with van der Waals surface area (Å²) >= 11 is 0. The first-order valence-corrected chi connectivity index (χ1v) is 9.77.